The lowest BCUT2D eigenvalue weighted by atomic mass is 10.0. The summed E-state index contributed by atoms with van der Waals surface area (Å²) in [5, 5.41) is 3.12. The molecule has 0 saturated carbocycles. The zero-order chi connectivity index (χ0) is 18.6. The Morgan fingerprint density at radius 2 is 1.96 bits per heavy atom. The largest absolute Gasteiger partial charge is 0.472 e. The number of furan rings is 1. The molecule has 6 heteroatoms. The molecular weight excluding hydrogens is 360 g/mol. The van der Waals surface area contributed by atoms with Crippen LogP contribution in [0.4, 0.5) is 0 Å². The van der Waals surface area contributed by atoms with Crippen molar-refractivity contribution in [2.24, 2.45) is 0 Å². The number of likely N-dealkylation sites (tertiary alicyclic amines) is 1. The summed E-state index contributed by atoms with van der Waals surface area (Å²) >= 11 is 1.60. The maximum atomic E-state index is 12.3. The van der Waals surface area contributed by atoms with Crippen LogP contribution in [-0.2, 0) is 17.6 Å². The Balaban J connectivity index is 1.21. The number of hydrogen-bond donors (Lipinski definition) is 1. The van der Waals surface area contributed by atoms with Crippen LogP contribution in [0.3, 0.4) is 0 Å². The Kier molecular flexibility index (Phi) is 5.53. The van der Waals surface area contributed by atoms with Crippen molar-refractivity contribution in [2.45, 2.75) is 43.0 Å². The molecule has 142 valence electrons. The van der Waals surface area contributed by atoms with Crippen LogP contribution in [-0.4, -0.2) is 41.6 Å². The van der Waals surface area contributed by atoms with E-state index in [9.17, 15) is 9.59 Å². The van der Waals surface area contributed by atoms with Crippen LogP contribution in [0.15, 0.2) is 46.1 Å². The first-order valence-corrected chi connectivity index (χ1v) is 10.5. The predicted molar refractivity (Wildman–Crippen MR) is 105 cm³/mol. The summed E-state index contributed by atoms with van der Waals surface area (Å²) in [5.41, 5.74) is 3.49. The molecule has 0 radical (unpaired) electrons. The number of aryl methyl sites for hydroxylation is 2. The number of benzene rings is 1. The SMILES string of the molecule is O=C(CSc1ccc2c(c1)CCC2)NC1CCN(C(=O)c2ccoc2)CC1. The van der Waals surface area contributed by atoms with Crippen LogP contribution >= 0.6 is 11.8 Å². The normalized spacial score (nSPS) is 17.0. The first kappa shape index (κ1) is 18.2. The third-order valence-electron chi connectivity index (χ3n) is 5.36. The van der Waals surface area contributed by atoms with Crippen molar-refractivity contribution in [1.29, 1.82) is 0 Å². The van der Waals surface area contributed by atoms with E-state index in [1.807, 2.05) is 4.90 Å². The minimum atomic E-state index is 0.000640. The molecular formula is C21H24N2O3S. The smallest absolute Gasteiger partial charge is 0.257 e. The van der Waals surface area contributed by atoms with Crippen molar-refractivity contribution < 1.29 is 14.0 Å². The summed E-state index contributed by atoms with van der Waals surface area (Å²) in [6.45, 7) is 1.32. The predicted octanol–water partition coefficient (Wildman–Crippen LogP) is 3.28. The Bertz CT molecular complexity index is 811. The minimum absolute atomic E-state index is 0.000640. The van der Waals surface area contributed by atoms with Gasteiger partial charge in [0.25, 0.3) is 5.91 Å². The molecule has 27 heavy (non-hydrogen) atoms. The molecule has 1 aromatic heterocycles. The van der Waals surface area contributed by atoms with E-state index in [1.54, 1.807) is 17.8 Å². The second-order valence-electron chi connectivity index (χ2n) is 7.22. The Morgan fingerprint density at radius 3 is 2.74 bits per heavy atom. The third-order valence-corrected chi connectivity index (χ3v) is 6.35. The number of nitrogens with zero attached hydrogens (tertiary/aromatic N) is 1. The second-order valence-corrected chi connectivity index (χ2v) is 8.27. The fraction of sp³-hybridized carbons (Fsp3) is 0.429. The molecule has 0 bridgehead atoms. The average Bonchev–Trinajstić information content (AvgIpc) is 3.38. The maximum absolute atomic E-state index is 12.3. The van der Waals surface area contributed by atoms with Crippen LogP contribution in [0, 0.1) is 0 Å². The average molecular weight is 385 g/mol. The number of thioether (sulfide) groups is 1. The lowest BCUT2D eigenvalue weighted by Gasteiger charge is -2.32. The fourth-order valence-electron chi connectivity index (χ4n) is 3.85. The number of rotatable bonds is 5. The van der Waals surface area contributed by atoms with Gasteiger partial charge in [-0.1, -0.05) is 6.07 Å². The number of fused-ring (bicyclic) bond motifs is 1. The monoisotopic (exact) mass is 384 g/mol. The zero-order valence-electron chi connectivity index (χ0n) is 15.3. The molecule has 1 aliphatic carbocycles. The number of piperidine rings is 1. The minimum Gasteiger partial charge on any atom is -0.472 e. The number of amides is 2. The lowest BCUT2D eigenvalue weighted by Crippen LogP contribution is -2.46. The van der Waals surface area contributed by atoms with E-state index in [0.29, 0.717) is 24.4 Å². The van der Waals surface area contributed by atoms with Crippen molar-refractivity contribution in [2.75, 3.05) is 18.8 Å². The van der Waals surface area contributed by atoms with Crippen molar-refractivity contribution in [3.8, 4) is 0 Å². The van der Waals surface area contributed by atoms with E-state index in [4.69, 9.17) is 4.42 Å². The summed E-state index contributed by atoms with van der Waals surface area (Å²) in [6.07, 6.45) is 8.16. The molecule has 0 unspecified atom stereocenters. The molecule has 1 N–H and O–H groups in total. The number of carbonyl (C=O) groups is 2. The highest BCUT2D eigenvalue weighted by molar-refractivity contribution is 8.00. The summed E-state index contributed by atoms with van der Waals surface area (Å²) in [4.78, 5) is 27.6. The number of hydrogen-bond acceptors (Lipinski definition) is 4. The first-order valence-electron chi connectivity index (χ1n) is 9.54. The van der Waals surface area contributed by atoms with Crippen molar-refractivity contribution in [3.05, 3.63) is 53.5 Å². The summed E-state index contributed by atoms with van der Waals surface area (Å²) in [7, 11) is 0. The first-order chi connectivity index (χ1) is 13.2. The van der Waals surface area contributed by atoms with Crippen LogP contribution < -0.4 is 5.32 Å². The molecule has 4 rings (SSSR count). The van der Waals surface area contributed by atoms with E-state index >= 15 is 0 Å². The van der Waals surface area contributed by atoms with Gasteiger partial charge in [0.05, 0.1) is 17.6 Å². The molecule has 0 spiro atoms. The Hall–Kier alpha value is -2.21. The molecule has 2 aromatic rings. The van der Waals surface area contributed by atoms with Gasteiger partial charge in [0.1, 0.15) is 6.26 Å². The van der Waals surface area contributed by atoms with Crippen LogP contribution in [0.1, 0.15) is 40.7 Å². The third kappa shape index (κ3) is 4.38. The van der Waals surface area contributed by atoms with Crippen molar-refractivity contribution in [3.63, 3.8) is 0 Å². The maximum Gasteiger partial charge on any atom is 0.257 e. The van der Waals surface area contributed by atoms with E-state index in [0.717, 1.165) is 19.3 Å². The quantitative estimate of drug-likeness (QED) is 0.804. The highest BCUT2D eigenvalue weighted by Gasteiger charge is 2.25. The summed E-state index contributed by atoms with van der Waals surface area (Å²) in [6, 6.07) is 8.40. The lowest BCUT2D eigenvalue weighted by molar-refractivity contribution is -0.119. The molecule has 2 amide bonds. The fourth-order valence-corrected chi connectivity index (χ4v) is 4.62. The summed E-state index contributed by atoms with van der Waals surface area (Å²) < 4.78 is 4.98. The van der Waals surface area contributed by atoms with Gasteiger partial charge in [0, 0.05) is 24.0 Å². The topological polar surface area (TPSA) is 62.6 Å². The van der Waals surface area contributed by atoms with Crippen molar-refractivity contribution in [1.82, 2.24) is 10.2 Å². The van der Waals surface area contributed by atoms with Crippen LogP contribution in [0.25, 0.3) is 0 Å². The van der Waals surface area contributed by atoms with E-state index < -0.39 is 0 Å². The molecule has 2 aliphatic rings. The van der Waals surface area contributed by atoms with Gasteiger partial charge in [-0.3, -0.25) is 9.59 Å². The van der Waals surface area contributed by atoms with Gasteiger partial charge >= 0.3 is 0 Å². The van der Waals surface area contributed by atoms with Gasteiger partial charge in [-0.2, -0.15) is 0 Å². The zero-order valence-corrected chi connectivity index (χ0v) is 16.1. The van der Waals surface area contributed by atoms with E-state index in [-0.39, 0.29) is 17.9 Å². The highest BCUT2D eigenvalue weighted by atomic mass is 32.2. The molecule has 1 saturated heterocycles. The second kappa shape index (κ2) is 8.21. The van der Waals surface area contributed by atoms with Gasteiger partial charge in [-0.25, -0.2) is 0 Å². The van der Waals surface area contributed by atoms with E-state index in [2.05, 4.69) is 23.5 Å². The van der Waals surface area contributed by atoms with Gasteiger partial charge < -0.3 is 14.6 Å². The van der Waals surface area contributed by atoms with Crippen molar-refractivity contribution >= 4 is 23.6 Å². The molecule has 1 aromatic carbocycles. The Morgan fingerprint density at radius 1 is 1.15 bits per heavy atom. The van der Waals surface area contributed by atoms with E-state index in [1.165, 1.54) is 41.4 Å². The summed E-state index contributed by atoms with van der Waals surface area (Å²) in [5.74, 6) is 0.508. The molecule has 0 atom stereocenters. The Labute approximate surface area is 163 Å². The van der Waals surface area contributed by atoms with Gasteiger partial charge in [-0.05, 0) is 61.4 Å². The number of nitrogens with one attached hydrogen (secondary N) is 1. The highest BCUT2D eigenvalue weighted by Crippen LogP contribution is 2.27. The number of carbonyl (C=O) groups excluding carboxylic acids is 2. The van der Waals surface area contributed by atoms with Crippen LogP contribution in [0.5, 0.6) is 0 Å². The standard InChI is InChI=1S/C21H24N2O3S/c24-20(14-27-19-5-4-15-2-1-3-16(15)12-19)22-18-6-9-23(10-7-18)21(25)17-8-11-26-13-17/h4-5,8,11-13,18H,1-3,6-7,9-10,14H2,(H,22,24). The molecule has 1 fully saturated rings. The van der Waals surface area contributed by atoms with Gasteiger partial charge in [-0.15, -0.1) is 11.8 Å². The van der Waals surface area contributed by atoms with Gasteiger partial charge in [0.2, 0.25) is 5.91 Å². The molecule has 5 nitrogen and oxygen atoms in total. The molecule has 1 aliphatic heterocycles. The van der Waals surface area contributed by atoms with Gasteiger partial charge in [0.15, 0.2) is 0 Å². The molecule has 2 heterocycles. The van der Waals surface area contributed by atoms with Crippen LogP contribution in [0.2, 0.25) is 0 Å².